The van der Waals surface area contributed by atoms with E-state index >= 15 is 0 Å². The van der Waals surface area contributed by atoms with Crippen LogP contribution in [0.1, 0.15) is 25.3 Å². The van der Waals surface area contributed by atoms with Crippen molar-refractivity contribution < 1.29 is 23.8 Å². The molecule has 1 atom stereocenters. The molecule has 1 spiro atoms. The van der Waals surface area contributed by atoms with E-state index in [1.807, 2.05) is 0 Å². The van der Waals surface area contributed by atoms with Gasteiger partial charge in [-0.3, -0.25) is 4.79 Å². The van der Waals surface area contributed by atoms with Crippen molar-refractivity contribution in [2.24, 2.45) is 0 Å². The van der Waals surface area contributed by atoms with Gasteiger partial charge >= 0.3 is 11.9 Å². The zero-order chi connectivity index (χ0) is 16.6. The van der Waals surface area contributed by atoms with Crippen molar-refractivity contribution >= 4 is 40.7 Å². The molecule has 0 saturated carbocycles. The zero-order valence-corrected chi connectivity index (χ0v) is 13.9. The molecule has 5 nitrogen and oxygen atoms in total. The van der Waals surface area contributed by atoms with Crippen LogP contribution in [-0.2, 0) is 23.8 Å². The number of benzene rings is 1. The van der Waals surface area contributed by atoms with E-state index < -0.39 is 17.5 Å². The fourth-order valence-corrected chi connectivity index (χ4v) is 3.34. The predicted octanol–water partition coefficient (Wildman–Crippen LogP) is 3.37. The molecule has 1 fully saturated rings. The van der Waals surface area contributed by atoms with Crippen LogP contribution >= 0.6 is 23.2 Å². The number of esters is 2. The Morgan fingerprint density at radius 2 is 2.13 bits per heavy atom. The Labute approximate surface area is 143 Å². The summed E-state index contributed by atoms with van der Waals surface area (Å²) in [6.45, 7) is 1.99. The fourth-order valence-electron chi connectivity index (χ4n) is 2.84. The summed E-state index contributed by atoms with van der Waals surface area (Å²) in [5, 5.41) is 0.721. The minimum atomic E-state index is -1.07. The van der Waals surface area contributed by atoms with E-state index in [4.69, 9.17) is 37.4 Å². The number of carbonyl (C=O) groups is 2. The summed E-state index contributed by atoms with van der Waals surface area (Å²) < 4.78 is 16.3. The maximum atomic E-state index is 12.5. The Morgan fingerprint density at radius 1 is 1.35 bits per heavy atom. The maximum Gasteiger partial charge on any atom is 0.343 e. The Kier molecular flexibility index (Phi) is 4.36. The molecule has 122 valence electrons. The number of hydrogen-bond donors (Lipinski definition) is 0. The van der Waals surface area contributed by atoms with Crippen LogP contribution in [0.4, 0.5) is 0 Å². The Bertz CT molecular complexity index is 704. The molecule has 0 radical (unpaired) electrons. The van der Waals surface area contributed by atoms with Crippen LogP contribution in [0.15, 0.2) is 24.0 Å². The summed E-state index contributed by atoms with van der Waals surface area (Å²) in [7, 11) is 0. The normalized spacial score (nSPS) is 24.0. The lowest BCUT2D eigenvalue weighted by Crippen LogP contribution is -2.42. The van der Waals surface area contributed by atoms with E-state index in [0.29, 0.717) is 30.0 Å². The standard InChI is InChI=1S/C16H14Cl2O5/c1-9(19)22-14-13(11-4-3-10(17)7-12(11)18)15(20)23-16(14)5-2-6-21-8-16/h3-4,7H,2,5-6,8H2,1H3. The van der Waals surface area contributed by atoms with Gasteiger partial charge in [0.25, 0.3) is 0 Å². The monoisotopic (exact) mass is 356 g/mol. The van der Waals surface area contributed by atoms with Crippen LogP contribution in [0.5, 0.6) is 0 Å². The van der Waals surface area contributed by atoms with Gasteiger partial charge in [-0.05, 0) is 25.0 Å². The topological polar surface area (TPSA) is 61.8 Å². The average molecular weight is 357 g/mol. The molecule has 1 aromatic carbocycles. The third kappa shape index (κ3) is 2.96. The third-order valence-electron chi connectivity index (χ3n) is 3.78. The van der Waals surface area contributed by atoms with E-state index in [9.17, 15) is 9.59 Å². The first-order valence-corrected chi connectivity index (χ1v) is 7.88. The molecule has 0 aliphatic carbocycles. The van der Waals surface area contributed by atoms with Crippen LogP contribution in [0, 0.1) is 0 Å². The minimum absolute atomic E-state index is 0.146. The Morgan fingerprint density at radius 3 is 2.74 bits per heavy atom. The van der Waals surface area contributed by atoms with Crippen molar-refractivity contribution in [3.05, 3.63) is 39.6 Å². The minimum Gasteiger partial charge on any atom is -0.445 e. The van der Waals surface area contributed by atoms with Crippen LogP contribution < -0.4 is 0 Å². The molecule has 3 rings (SSSR count). The molecular formula is C16H14Cl2O5. The van der Waals surface area contributed by atoms with Crippen LogP contribution in [-0.4, -0.2) is 30.8 Å². The molecule has 1 saturated heterocycles. The second-order valence-electron chi connectivity index (χ2n) is 5.46. The number of carbonyl (C=O) groups excluding carboxylic acids is 2. The Balaban J connectivity index is 2.16. The first-order valence-electron chi connectivity index (χ1n) is 7.13. The van der Waals surface area contributed by atoms with Crippen molar-refractivity contribution in [1.29, 1.82) is 0 Å². The maximum absolute atomic E-state index is 12.5. The van der Waals surface area contributed by atoms with E-state index in [2.05, 4.69) is 0 Å². The molecule has 23 heavy (non-hydrogen) atoms. The highest BCUT2D eigenvalue weighted by Crippen LogP contribution is 2.44. The van der Waals surface area contributed by atoms with Gasteiger partial charge in [-0.25, -0.2) is 4.79 Å². The quantitative estimate of drug-likeness (QED) is 0.760. The van der Waals surface area contributed by atoms with Gasteiger partial charge < -0.3 is 14.2 Å². The summed E-state index contributed by atoms with van der Waals surface area (Å²) in [5.74, 6) is -0.958. The molecule has 0 bridgehead atoms. The first-order chi connectivity index (χ1) is 10.9. The molecule has 0 N–H and O–H groups in total. The molecule has 2 aliphatic heterocycles. The van der Waals surface area contributed by atoms with Crippen LogP contribution in [0.25, 0.3) is 5.57 Å². The molecule has 0 aromatic heterocycles. The third-order valence-corrected chi connectivity index (χ3v) is 4.33. The molecule has 2 heterocycles. The molecule has 2 aliphatic rings. The summed E-state index contributed by atoms with van der Waals surface area (Å²) in [6.07, 6.45) is 1.22. The van der Waals surface area contributed by atoms with Crippen molar-refractivity contribution in [1.82, 2.24) is 0 Å². The van der Waals surface area contributed by atoms with Gasteiger partial charge in [0.05, 0.1) is 11.6 Å². The lowest BCUT2D eigenvalue weighted by Gasteiger charge is -2.32. The molecule has 1 aromatic rings. The first kappa shape index (κ1) is 16.3. The van der Waals surface area contributed by atoms with E-state index in [1.54, 1.807) is 12.1 Å². The molecule has 0 amide bonds. The van der Waals surface area contributed by atoms with Crippen molar-refractivity contribution in [3.8, 4) is 0 Å². The van der Waals surface area contributed by atoms with Gasteiger partial charge in [0.2, 0.25) is 0 Å². The van der Waals surface area contributed by atoms with Crippen LogP contribution in [0.3, 0.4) is 0 Å². The predicted molar refractivity (Wildman–Crippen MR) is 84.0 cm³/mol. The van der Waals surface area contributed by atoms with Gasteiger partial charge in [-0.15, -0.1) is 0 Å². The van der Waals surface area contributed by atoms with Gasteiger partial charge in [0.1, 0.15) is 5.57 Å². The number of halogens is 2. The summed E-state index contributed by atoms with van der Waals surface area (Å²) >= 11 is 12.1. The largest absolute Gasteiger partial charge is 0.445 e. The smallest absolute Gasteiger partial charge is 0.343 e. The van der Waals surface area contributed by atoms with Gasteiger partial charge in [-0.1, -0.05) is 29.3 Å². The van der Waals surface area contributed by atoms with Crippen molar-refractivity contribution in [3.63, 3.8) is 0 Å². The van der Waals surface area contributed by atoms with Gasteiger partial charge in [0, 0.05) is 24.1 Å². The van der Waals surface area contributed by atoms with Crippen molar-refractivity contribution in [2.75, 3.05) is 13.2 Å². The fraction of sp³-hybridized carbons (Fsp3) is 0.375. The SMILES string of the molecule is CC(=O)OC1=C(c2ccc(Cl)cc2Cl)C(=O)OC12CCCOC2. The van der Waals surface area contributed by atoms with Gasteiger partial charge in [-0.2, -0.15) is 0 Å². The molecular weight excluding hydrogens is 343 g/mol. The highest BCUT2D eigenvalue weighted by molar-refractivity contribution is 6.37. The molecule has 1 unspecified atom stereocenters. The van der Waals surface area contributed by atoms with Gasteiger partial charge in [0.15, 0.2) is 11.4 Å². The summed E-state index contributed by atoms with van der Waals surface area (Å²) in [4.78, 5) is 24.0. The van der Waals surface area contributed by atoms with E-state index in [-0.39, 0.29) is 23.0 Å². The van der Waals surface area contributed by atoms with Crippen LogP contribution in [0.2, 0.25) is 10.0 Å². The second-order valence-corrected chi connectivity index (χ2v) is 6.31. The lowest BCUT2D eigenvalue weighted by atomic mass is 9.91. The number of ether oxygens (including phenoxy) is 3. The second kappa shape index (κ2) is 6.15. The highest BCUT2D eigenvalue weighted by atomic mass is 35.5. The Hall–Kier alpha value is -1.56. The van der Waals surface area contributed by atoms with Crippen molar-refractivity contribution in [2.45, 2.75) is 25.4 Å². The number of hydrogen-bond acceptors (Lipinski definition) is 5. The summed E-state index contributed by atoms with van der Waals surface area (Å²) in [5.41, 5.74) is -0.508. The highest BCUT2D eigenvalue weighted by Gasteiger charge is 2.52. The van der Waals surface area contributed by atoms with E-state index in [1.165, 1.54) is 13.0 Å². The number of rotatable bonds is 2. The summed E-state index contributed by atoms with van der Waals surface area (Å²) in [6, 6.07) is 4.73. The molecule has 7 heteroatoms. The average Bonchev–Trinajstić information content (AvgIpc) is 2.72. The zero-order valence-electron chi connectivity index (χ0n) is 12.4. The van der Waals surface area contributed by atoms with E-state index in [0.717, 1.165) is 0 Å². The lowest BCUT2D eigenvalue weighted by molar-refractivity contribution is -0.163.